The van der Waals surface area contributed by atoms with E-state index in [1.54, 1.807) is 24.3 Å². The summed E-state index contributed by atoms with van der Waals surface area (Å²) in [5.74, 6) is -3.57. The van der Waals surface area contributed by atoms with Crippen molar-refractivity contribution in [2.75, 3.05) is 6.54 Å². The van der Waals surface area contributed by atoms with Gasteiger partial charge in [0.15, 0.2) is 0 Å². The molecule has 1 aliphatic heterocycles. The monoisotopic (exact) mass is 311 g/mol. The predicted molar refractivity (Wildman–Crippen MR) is 74.0 cm³/mol. The number of hydrogen-bond acceptors (Lipinski definition) is 3. The van der Waals surface area contributed by atoms with E-state index in [1.165, 1.54) is 0 Å². The third-order valence-corrected chi connectivity index (χ3v) is 3.91. The van der Waals surface area contributed by atoms with E-state index in [-0.39, 0.29) is 19.4 Å². The van der Waals surface area contributed by atoms with E-state index in [0.717, 1.165) is 4.90 Å². The molecular formula is C14H14ClNO5. The van der Waals surface area contributed by atoms with Gasteiger partial charge in [-0.05, 0) is 11.6 Å². The Hall–Kier alpha value is -2.08. The van der Waals surface area contributed by atoms with Crippen molar-refractivity contribution in [3.8, 4) is 0 Å². The summed E-state index contributed by atoms with van der Waals surface area (Å²) >= 11 is 6.00. The second-order valence-corrected chi connectivity index (χ2v) is 5.34. The number of rotatable bonds is 5. The number of halogens is 1. The fourth-order valence-electron chi connectivity index (χ4n) is 2.40. The summed E-state index contributed by atoms with van der Waals surface area (Å²) < 4.78 is 0. The number of nitrogens with zero attached hydrogens (tertiary/aromatic N) is 1. The Morgan fingerprint density at radius 1 is 1.33 bits per heavy atom. The summed E-state index contributed by atoms with van der Waals surface area (Å²) in [4.78, 5) is 35.4. The van der Waals surface area contributed by atoms with Gasteiger partial charge in [-0.25, -0.2) is 4.79 Å². The first-order valence-electron chi connectivity index (χ1n) is 6.38. The lowest BCUT2D eigenvalue weighted by Gasteiger charge is -2.24. The Balaban J connectivity index is 2.20. The number of carboxylic acids is 2. The van der Waals surface area contributed by atoms with Crippen LogP contribution >= 0.6 is 11.6 Å². The Morgan fingerprint density at radius 3 is 2.52 bits per heavy atom. The average Bonchev–Trinajstić information content (AvgIpc) is 2.79. The van der Waals surface area contributed by atoms with Crippen LogP contribution in [0.3, 0.4) is 0 Å². The maximum atomic E-state index is 11.9. The Kier molecular flexibility index (Phi) is 4.47. The Bertz CT molecular complexity index is 588. The van der Waals surface area contributed by atoms with Gasteiger partial charge >= 0.3 is 11.9 Å². The molecule has 2 rings (SSSR count). The van der Waals surface area contributed by atoms with Gasteiger partial charge in [0.1, 0.15) is 6.04 Å². The molecule has 1 aromatic carbocycles. The lowest BCUT2D eigenvalue weighted by Crippen LogP contribution is -2.44. The van der Waals surface area contributed by atoms with Crippen molar-refractivity contribution < 1.29 is 24.6 Å². The summed E-state index contributed by atoms with van der Waals surface area (Å²) in [6, 6.07) is 5.67. The van der Waals surface area contributed by atoms with Gasteiger partial charge in [-0.15, -0.1) is 0 Å². The molecule has 0 aromatic heterocycles. The van der Waals surface area contributed by atoms with Crippen molar-refractivity contribution in [1.82, 2.24) is 4.90 Å². The average molecular weight is 312 g/mol. The van der Waals surface area contributed by atoms with Gasteiger partial charge in [0, 0.05) is 24.4 Å². The third-order valence-electron chi connectivity index (χ3n) is 3.54. The van der Waals surface area contributed by atoms with Crippen LogP contribution in [-0.2, 0) is 20.8 Å². The number of aliphatic carboxylic acids is 2. The van der Waals surface area contributed by atoms with Crippen LogP contribution in [0.2, 0.25) is 5.02 Å². The molecule has 0 radical (unpaired) electrons. The molecule has 0 spiro atoms. The highest BCUT2D eigenvalue weighted by molar-refractivity contribution is 6.31. The van der Waals surface area contributed by atoms with Gasteiger partial charge in [-0.3, -0.25) is 9.59 Å². The first kappa shape index (κ1) is 15.3. The topological polar surface area (TPSA) is 94.9 Å². The minimum Gasteiger partial charge on any atom is -0.481 e. The Morgan fingerprint density at radius 2 is 2.00 bits per heavy atom. The highest BCUT2D eigenvalue weighted by Gasteiger charge is 2.40. The van der Waals surface area contributed by atoms with Crippen LogP contribution < -0.4 is 0 Å². The molecular weight excluding hydrogens is 298 g/mol. The molecule has 6 nitrogen and oxygen atoms in total. The molecule has 1 saturated heterocycles. The van der Waals surface area contributed by atoms with Crippen molar-refractivity contribution in [1.29, 1.82) is 0 Å². The van der Waals surface area contributed by atoms with E-state index >= 15 is 0 Å². The zero-order valence-corrected chi connectivity index (χ0v) is 11.8. The maximum absolute atomic E-state index is 11.9. The molecule has 0 saturated carbocycles. The summed E-state index contributed by atoms with van der Waals surface area (Å²) in [7, 11) is 0. The number of hydrogen-bond donors (Lipinski definition) is 2. The van der Waals surface area contributed by atoms with Gasteiger partial charge in [0.2, 0.25) is 5.91 Å². The highest BCUT2D eigenvalue weighted by atomic mass is 35.5. The molecule has 2 atom stereocenters. The van der Waals surface area contributed by atoms with E-state index in [1.807, 2.05) is 0 Å². The van der Waals surface area contributed by atoms with E-state index in [2.05, 4.69) is 0 Å². The number of amides is 1. The maximum Gasteiger partial charge on any atom is 0.326 e. The molecule has 1 unspecified atom stereocenters. The number of carbonyl (C=O) groups is 3. The third kappa shape index (κ3) is 3.33. The first-order chi connectivity index (χ1) is 9.90. The van der Waals surface area contributed by atoms with Crippen molar-refractivity contribution >= 4 is 29.4 Å². The molecule has 21 heavy (non-hydrogen) atoms. The fraction of sp³-hybridized carbons (Fsp3) is 0.357. The van der Waals surface area contributed by atoms with Gasteiger partial charge in [0.05, 0.1) is 5.92 Å². The van der Waals surface area contributed by atoms with Crippen molar-refractivity contribution in [3.05, 3.63) is 34.9 Å². The molecule has 1 fully saturated rings. The SMILES string of the molecule is O=C(O)C1CC(=O)N([C@@H](Cc2ccccc2Cl)C(=O)O)C1. The number of carbonyl (C=O) groups excluding carboxylic acids is 1. The molecule has 2 N–H and O–H groups in total. The van der Waals surface area contributed by atoms with Crippen LogP contribution in [0.5, 0.6) is 0 Å². The normalized spacial score (nSPS) is 19.6. The van der Waals surface area contributed by atoms with Crippen LogP contribution in [0, 0.1) is 5.92 Å². The van der Waals surface area contributed by atoms with Crippen molar-refractivity contribution in [2.45, 2.75) is 18.9 Å². The van der Waals surface area contributed by atoms with Crippen LogP contribution in [0.4, 0.5) is 0 Å². The molecule has 1 amide bonds. The molecule has 112 valence electrons. The van der Waals surface area contributed by atoms with Gasteiger partial charge in [0.25, 0.3) is 0 Å². The van der Waals surface area contributed by atoms with Crippen LogP contribution in [0.1, 0.15) is 12.0 Å². The smallest absolute Gasteiger partial charge is 0.326 e. The van der Waals surface area contributed by atoms with Crippen LogP contribution in [0.15, 0.2) is 24.3 Å². The predicted octanol–water partition coefficient (Wildman–Crippen LogP) is 1.27. The van der Waals surface area contributed by atoms with Crippen molar-refractivity contribution in [2.24, 2.45) is 5.92 Å². The number of carboxylic acid groups (broad SMARTS) is 2. The highest BCUT2D eigenvalue weighted by Crippen LogP contribution is 2.24. The van der Waals surface area contributed by atoms with E-state index in [9.17, 15) is 19.5 Å². The first-order valence-corrected chi connectivity index (χ1v) is 6.76. The minimum absolute atomic E-state index is 0.0487. The fourth-order valence-corrected chi connectivity index (χ4v) is 2.61. The van der Waals surface area contributed by atoms with E-state index < -0.39 is 29.8 Å². The summed E-state index contributed by atoms with van der Waals surface area (Å²) in [5, 5.41) is 18.7. The second-order valence-electron chi connectivity index (χ2n) is 4.93. The molecule has 1 aromatic rings. The van der Waals surface area contributed by atoms with Gasteiger partial charge in [-0.1, -0.05) is 29.8 Å². The lowest BCUT2D eigenvalue weighted by molar-refractivity contribution is -0.148. The standard InChI is InChI=1S/C14H14ClNO5/c15-10-4-2-1-3-8(10)5-11(14(20)21)16-7-9(13(18)19)6-12(16)17/h1-4,9,11H,5-7H2,(H,18,19)(H,20,21)/t9?,11-/m0/s1. The largest absolute Gasteiger partial charge is 0.481 e. The molecule has 7 heteroatoms. The number of likely N-dealkylation sites (tertiary alicyclic amines) is 1. The van der Waals surface area contributed by atoms with Crippen LogP contribution in [0.25, 0.3) is 0 Å². The molecule has 1 heterocycles. The van der Waals surface area contributed by atoms with Crippen LogP contribution in [-0.4, -0.2) is 45.5 Å². The number of benzene rings is 1. The molecule has 1 aliphatic rings. The van der Waals surface area contributed by atoms with Gasteiger partial charge < -0.3 is 15.1 Å². The quantitative estimate of drug-likeness (QED) is 0.854. The molecule has 0 aliphatic carbocycles. The molecule has 0 bridgehead atoms. The van der Waals surface area contributed by atoms with Gasteiger partial charge in [-0.2, -0.15) is 0 Å². The lowest BCUT2D eigenvalue weighted by atomic mass is 10.0. The zero-order valence-electron chi connectivity index (χ0n) is 11.0. The summed E-state index contributed by atoms with van der Waals surface area (Å²) in [6.07, 6.45) is -0.116. The van der Waals surface area contributed by atoms with Crippen molar-refractivity contribution in [3.63, 3.8) is 0 Å². The minimum atomic E-state index is -1.17. The zero-order chi connectivity index (χ0) is 15.6. The van der Waals surface area contributed by atoms with E-state index in [4.69, 9.17) is 16.7 Å². The second kappa shape index (κ2) is 6.13. The van der Waals surface area contributed by atoms with E-state index in [0.29, 0.717) is 10.6 Å². The summed E-state index contributed by atoms with van der Waals surface area (Å²) in [5.41, 5.74) is 0.609. The summed E-state index contributed by atoms with van der Waals surface area (Å²) in [6.45, 7) is -0.0877. The Labute approximate surface area is 125 Å².